The highest BCUT2D eigenvalue weighted by Crippen LogP contribution is 2.22. The second-order valence-electron chi connectivity index (χ2n) is 3.25. The van der Waals surface area contributed by atoms with Crippen molar-refractivity contribution in [3.05, 3.63) is 48.5 Å². The van der Waals surface area contributed by atoms with Crippen LogP contribution < -0.4 is 11.5 Å². The van der Waals surface area contributed by atoms with Gasteiger partial charge in [0, 0.05) is 11.4 Å². The van der Waals surface area contributed by atoms with Gasteiger partial charge in [0.15, 0.2) is 0 Å². The summed E-state index contributed by atoms with van der Waals surface area (Å²) in [5, 5.41) is 0. The van der Waals surface area contributed by atoms with Crippen LogP contribution in [-0.4, -0.2) is 0 Å². The van der Waals surface area contributed by atoms with E-state index < -0.39 is 0 Å². The Balaban J connectivity index is -0.000000562. The molecule has 0 radical (unpaired) electrons. The average molecular weight is 330 g/mol. The second-order valence-corrected chi connectivity index (χ2v) is 3.25. The van der Waals surface area contributed by atoms with E-state index in [1.54, 1.807) is 0 Å². The number of anilines is 2. The molecule has 0 aliphatic carbocycles. The van der Waals surface area contributed by atoms with Crippen molar-refractivity contribution >= 4 is 61.0 Å². The number of rotatable bonds is 1. The molecule has 0 spiro atoms. The summed E-state index contributed by atoms with van der Waals surface area (Å²) in [6.45, 7) is 0. The van der Waals surface area contributed by atoms with Gasteiger partial charge in [-0.1, -0.05) is 24.3 Å². The van der Waals surface area contributed by atoms with Crippen LogP contribution in [0, 0.1) is 0 Å². The van der Waals surface area contributed by atoms with Crippen LogP contribution in [0.5, 0.6) is 0 Å². The fourth-order valence-electron chi connectivity index (χ4n) is 1.44. The molecule has 102 valence electrons. The molecule has 2 aromatic rings. The van der Waals surface area contributed by atoms with E-state index in [0.717, 1.165) is 22.5 Å². The molecule has 18 heavy (non-hydrogen) atoms. The molecule has 0 amide bonds. The zero-order valence-corrected chi connectivity index (χ0v) is 12.7. The number of nitrogen functional groups attached to an aromatic ring is 2. The van der Waals surface area contributed by atoms with Crippen molar-refractivity contribution < 1.29 is 0 Å². The van der Waals surface area contributed by atoms with E-state index in [0.29, 0.717) is 0 Å². The van der Waals surface area contributed by atoms with E-state index in [4.69, 9.17) is 11.5 Å². The van der Waals surface area contributed by atoms with Crippen LogP contribution in [0.4, 0.5) is 11.4 Å². The van der Waals surface area contributed by atoms with Gasteiger partial charge in [-0.3, -0.25) is 0 Å². The van der Waals surface area contributed by atoms with Gasteiger partial charge in [-0.15, -0.1) is 49.6 Å². The quantitative estimate of drug-likeness (QED) is 0.770. The largest absolute Gasteiger partial charge is 0.399 e. The Kier molecular flexibility index (Phi) is 12.6. The van der Waals surface area contributed by atoms with Crippen LogP contribution in [0.2, 0.25) is 0 Å². The molecular formula is C12H16Cl4N2. The summed E-state index contributed by atoms with van der Waals surface area (Å²) in [5.74, 6) is 0. The SMILES string of the molecule is Cl.Cl.Cl.Cl.Nc1cccc(-c2cccc(N)c2)c1. The molecule has 6 heteroatoms. The molecule has 0 fully saturated rings. The first-order valence-corrected chi connectivity index (χ1v) is 4.47. The number of hydrogen-bond donors (Lipinski definition) is 2. The molecule has 0 atom stereocenters. The van der Waals surface area contributed by atoms with Crippen molar-refractivity contribution in [2.24, 2.45) is 0 Å². The molecule has 0 aromatic heterocycles. The summed E-state index contributed by atoms with van der Waals surface area (Å²) >= 11 is 0. The first-order chi connectivity index (χ1) is 6.75. The maximum atomic E-state index is 5.70. The van der Waals surface area contributed by atoms with Gasteiger partial charge in [0.1, 0.15) is 0 Å². The maximum Gasteiger partial charge on any atom is 0.0320 e. The Labute approximate surface area is 132 Å². The first-order valence-electron chi connectivity index (χ1n) is 4.47. The maximum absolute atomic E-state index is 5.70. The molecule has 0 aliphatic rings. The van der Waals surface area contributed by atoms with Crippen molar-refractivity contribution in [2.75, 3.05) is 11.5 Å². The highest BCUT2D eigenvalue weighted by atomic mass is 35.5. The Morgan fingerprint density at radius 2 is 0.889 bits per heavy atom. The lowest BCUT2D eigenvalue weighted by Gasteiger charge is -2.03. The van der Waals surface area contributed by atoms with Crippen LogP contribution in [0.25, 0.3) is 11.1 Å². The first kappa shape index (κ1) is 22.4. The van der Waals surface area contributed by atoms with Gasteiger partial charge in [0.25, 0.3) is 0 Å². The summed E-state index contributed by atoms with van der Waals surface area (Å²) in [4.78, 5) is 0. The monoisotopic (exact) mass is 328 g/mol. The molecule has 0 heterocycles. The predicted molar refractivity (Wildman–Crippen MR) is 89.7 cm³/mol. The van der Waals surface area contributed by atoms with E-state index >= 15 is 0 Å². The van der Waals surface area contributed by atoms with Crippen molar-refractivity contribution in [3.8, 4) is 11.1 Å². The Morgan fingerprint density at radius 1 is 0.556 bits per heavy atom. The van der Waals surface area contributed by atoms with Gasteiger partial charge in [0.05, 0.1) is 0 Å². The van der Waals surface area contributed by atoms with Crippen molar-refractivity contribution in [3.63, 3.8) is 0 Å². The fraction of sp³-hybridized carbons (Fsp3) is 0. The lowest BCUT2D eigenvalue weighted by Crippen LogP contribution is -1.87. The Bertz CT molecular complexity index is 420. The zero-order chi connectivity index (χ0) is 9.97. The molecular weight excluding hydrogens is 314 g/mol. The van der Waals surface area contributed by atoms with E-state index in [-0.39, 0.29) is 49.6 Å². The number of nitrogens with two attached hydrogens (primary N) is 2. The van der Waals surface area contributed by atoms with Crippen LogP contribution in [0.1, 0.15) is 0 Å². The summed E-state index contributed by atoms with van der Waals surface area (Å²) < 4.78 is 0. The molecule has 0 unspecified atom stereocenters. The second kappa shape index (κ2) is 10.2. The average Bonchev–Trinajstić information content (AvgIpc) is 2.18. The third-order valence-electron chi connectivity index (χ3n) is 2.11. The van der Waals surface area contributed by atoms with E-state index in [1.807, 2.05) is 48.5 Å². The third-order valence-corrected chi connectivity index (χ3v) is 2.11. The topological polar surface area (TPSA) is 52.0 Å². The summed E-state index contributed by atoms with van der Waals surface area (Å²) in [6, 6.07) is 15.5. The lowest BCUT2D eigenvalue weighted by molar-refractivity contribution is 1.61. The smallest absolute Gasteiger partial charge is 0.0320 e. The summed E-state index contributed by atoms with van der Waals surface area (Å²) in [6.07, 6.45) is 0. The van der Waals surface area contributed by atoms with Gasteiger partial charge in [-0.25, -0.2) is 0 Å². The van der Waals surface area contributed by atoms with Gasteiger partial charge in [0.2, 0.25) is 0 Å². The van der Waals surface area contributed by atoms with Gasteiger partial charge in [-0.05, 0) is 35.4 Å². The molecule has 0 saturated carbocycles. The summed E-state index contributed by atoms with van der Waals surface area (Å²) in [7, 11) is 0. The minimum atomic E-state index is 0. The van der Waals surface area contributed by atoms with Gasteiger partial charge in [-0.2, -0.15) is 0 Å². The number of benzene rings is 2. The normalized spacial score (nSPS) is 7.78. The molecule has 4 N–H and O–H groups in total. The van der Waals surface area contributed by atoms with Crippen LogP contribution in [0.15, 0.2) is 48.5 Å². The fourth-order valence-corrected chi connectivity index (χ4v) is 1.44. The predicted octanol–water partition coefficient (Wildman–Crippen LogP) is 4.21. The van der Waals surface area contributed by atoms with E-state index in [9.17, 15) is 0 Å². The van der Waals surface area contributed by atoms with Crippen LogP contribution in [-0.2, 0) is 0 Å². The number of hydrogen-bond acceptors (Lipinski definition) is 2. The molecule has 0 saturated heterocycles. The lowest BCUT2D eigenvalue weighted by atomic mass is 10.0. The Morgan fingerprint density at radius 3 is 1.17 bits per heavy atom. The number of halogens is 4. The highest BCUT2D eigenvalue weighted by Gasteiger charge is 1.97. The molecule has 0 bridgehead atoms. The zero-order valence-electron chi connectivity index (χ0n) is 9.41. The van der Waals surface area contributed by atoms with Gasteiger partial charge >= 0.3 is 0 Å². The minimum absolute atomic E-state index is 0. The van der Waals surface area contributed by atoms with E-state index in [1.165, 1.54) is 0 Å². The van der Waals surface area contributed by atoms with Crippen molar-refractivity contribution in [1.82, 2.24) is 0 Å². The van der Waals surface area contributed by atoms with Crippen molar-refractivity contribution in [1.29, 1.82) is 0 Å². The standard InChI is InChI=1S/C12H12N2.4ClH/c13-11-5-1-3-9(7-11)10-4-2-6-12(14)8-10;;;;/h1-8H,13-14H2;4*1H. The minimum Gasteiger partial charge on any atom is -0.399 e. The van der Waals surface area contributed by atoms with Gasteiger partial charge < -0.3 is 11.5 Å². The van der Waals surface area contributed by atoms with Crippen LogP contribution >= 0.6 is 49.6 Å². The molecule has 2 nitrogen and oxygen atoms in total. The Hall–Kier alpha value is -0.800. The molecule has 0 aliphatic heterocycles. The summed E-state index contributed by atoms with van der Waals surface area (Å²) in [5.41, 5.74) is 15.1. The molecule has 2 rings (SSSR count). The third kappa shape index (κ3) is 5.69. The van der Waals surface area contributed by atoms with Crippen LogP contribution in [0.3, 0.4) is 0 Å². The highest BCUT2D eigenvalue weighted by molar-refractivity contribution is 5.86. The molecule has 2 aromatic carbocycles. The van der Waals surface area contributed by atoms with E-state index in [2.05, 4.69) is 0 Å². The van der Waals surface area contributed by atoms with Crippen molar-refractivity contribution in [2.45, 2.75) is 0 Å².